The van der Waals surface area contributed by atoms with Gasteiger partial charge in [0.1, 0.15) is 5.75 Å². The lowest BCUT2D eigenvalue weighted by Gasteiger charge is -2.15. The van der Waals surface area contributed by atoms with Gasteiger partial charge in [-0.25, -0.2) is 0 Å². The van der Waals surface area contributed by atoms with Crippen molar-refractivity contribution in [1.29, 1.82) is 0 Å². The smallest absolute Gasteiger partial charge is 0.125 e. The average Bonchev–Trinajstić information content (AvgIpc) is 2.25. The molecule has 0 aliphatic heterocycles. The van der Waals surface area contributed by atoms with E-state index < -0.39 is 6.10 Å². The zero-order chi connectivity index (χ0) is 11.3. The zero-order valence-corrected chi connectivity index (χ0v) is 9.31. The SMILES string of the molecule is CC(C)COc1ccccc1C(O)CN. The molecule has 0 aromatic heterocycles. The van der Waals surface area contributed by atoms with Crippen LogP contribution in [0.25, 0.3) is 0 Å². The van der Waals surface area contributed by atoms with E-state index in [1.807, 2.05) is 24.3 Å². The predicted molar refractivity (Wildman–Crippen MR) is 60.8 cm³/mol. The Morgan fingerprint density at radius 2 is 2.00 bits per heavy atom. The number of ether oxygens (including phenoxy) is 1. The Kier molecular flexibility index (Phi) is 4.59. The molecule has 0 heterocycles. The van der Waals surface area contributed by atoms with Crippen molar-refractivity contribution >= 4 is 0 Å². The highest BCUT2D eigenvalue weighted by Crippen LogP contribution is 2.24. The highest BCUT2D eigenvalue weighted by atomic mass is 16.5. The second-order valence-corrected chi connectivity index (χ2v) is 3.99. The molecule has 3 N–H and O–H groups in total. The summed E-state index contributed by atoms with van der Waals surface area (Å²) in [6.07, 6.45) is -0.645. The van der Waals surface area contributed by atoms with E-state index in [-0.39, 0.29) is 6.54 Å². The van der Waals surface area contributed by atoms with Gasteiger partial charge in [-0.1, -0.05) is 32.0 Å². The fraction of sp³-hybridized carbons (Fsp3) is 0.500. The summed E-state index contributed by atoms with van der Waals surface area (Å²) in [5, 5.41) is 9.67. The first-order valence-corrected chi connectivity index (χ1v) is 5.25. The van der Waals surface area contributed by atoms with Crippen molar-refractivity contribution in [2.75, 3.05) is 13.2 Å². The molecule has 84 valence electrons. The normalized spacial score (nSPS) is 12.9. The van der Waals surface area contributed by atoms with E-state index in [1.54, 1.807) is 0 Å². The number of para-hydroxylation sites is 1. The summed E-state index contributed by atoms with van der Waals surface area (Å²) in [5.41, 5.74) is 6.19. The van der Waals surface area contributed by atoms with Crippen molar-refractivity contribution in [2.45, 2.75) is 20.0 Å². The van der Waals surface area contributed by atoms with Crippen LogP contribution in [0.3, 0.4) is 0 Å². The van der Waals surface area contributed by atoms with Crippen LogP contribution in [-0.2, 0) is 0 Å². The van der Waals surface area contributed by atoms with Crippen molar-refractivity contribution in [3.05, 3.63) is 29.8 Å². The fourth-order valence-corrected chi connectivity index (χ4v) is 1.27. The van der Waals surface area contributed by atoms with E-state index in [1.165, 1.54) is 0 Å². The topological polar surface area (TPSA) is 55.5 Å². The molecule has 1 rings (SSSR count). The monoisotopic (exact) mass is 209 g/mol. The minimum Gasteiger partial charge on any atom is -0.493 e. The van der Waals surface area contributed by atoms with Crippen LogP contribution in [0.2, 0.25) is 0 Å². The van der Waals surface area contributed by atoms with Crippen LogP contribution in [0.15, 0.2) is 24.3 Å². The standard InChI is InChI=1S/C12H19NO2/c1-9(2)8-15-12-6-4-3-5-10(12)11(14)7-13/h3-6,9,11,14H,7-8,13H2,1-2H3. The highest BCUT2D eigenvalue weighted by Gasteiger charge is 2.11. The molecule has 15 heavy (non-hydrogen) atoms. The molecule has 0 fully saturated rings. The number of hydrogen-bond acceptors (Lipinski definition) is 3. The van der Waals surface area contributed by atoms with Crippen LogP contribution in [0.4, 0.5) is 0 Å². The minimum absolute atomic E-state index is 0.210. The van der Waals surface area contributed by atoms with E-state index in [0.717, 1.165) is 11.3 Å². The zero-order valence-electron chi connectivity index (χ0n) is 9.31. The van der Waals surface area contributed by atoms with Crippen LogP contribution in [-0.4, -0.2) is 18.3 Å². The van der Waals surface area contributed by atoms with Crippen molar-refractivity contribution in [3.8, 4) is 5.75 Å². The molecular formula is C12H19NO2. The van der Waals surface area contributed by atoms with E-state index in [0.29, 0.717) is 12.5 Å². The van der Waals surface area contributed by atoms with E-state index in [4.69, 9.17) is 10.5 Å². The molecule has 0 aliphatic rings. The number of nitrogens with two attached hydrogens (primary N) is 1. The van der Waals surface area contributed by atoms with E-state index >= 15 is 0 Å². The minimum atomic E-state index is -0.645. The maximum atomic E-state index is 9.67. The van der Waals surface area contributed by atoms with Gasteiger partial charge in [-0.05, 0) is 12.0 Å². The second-order valence-electron chi connectivity index (χ2n) is 3.99. The third-order valence-corrected chi connectivity index (χ3v) is 2.07. The van der Waals surface area contributed by atoms with Gasteiger partial charge in [0, 0.05) is 12.1 Å². The maximum Gasteiger partial charge on any atom is 0.125 e. The number of benzene rings is 1. The molecule has 1 aromatic rings. The van der Waals surface area contributed by atoms with Gasteiger partial charge in [0.05, 0.1) is 12.7 Å². The van der Waals surface area contributed by atoms with Gasteiger partial charge < -0.3 is 15.6 Å². The Morgan fingerprint density at radius 3 is 2.60 bits per heavy atom. The molecule has 0 radical (unpaired) electrons. The molecule has 3 heteroatoms. The van der Waals surface area contributed by atoms with Gasteiger partial charge >= 0.3 is 0 Å². The van der Waals surface area contributed by atoms with Crippen LogP contribution in [0, 0.1) is 5.92 Å². The lowest BCUT2D eigenvalue weighted by Crippen LogP contribution is -2.14. The number of aliphatic hydroxyl groups is 1. The highest BCUT2D eigenvalue weighted by molar-refractivity contribution is 5.35. The molecule has 1 atom stereocenters. The summed E-state index contributed by atoms with van der Waals surface area (Å²) in [6.45, 7) is 5.03. The quantitative estimate of drug-likeness (QED) is 0.776. The Balaban J connectivity index is 2.77. The first-order chi connectivity index (χ1) is 7.15. The van der Waals surface area contributed by atoms with Crippen LogP contribution in [0.1, 0.15) is 25.5 Å². The van der Waals surface area contributed by atoms with Gasteiger partial charge in [-0.2, -0.15) is 0 Å². The summed E-state index contributed by atoms with van der Waals surface area (Å²) < 4.78 is 5.61. The molecular weight excluding hydrogens is 190 g/mol. The maximum absolute atomic E-state index is 9.67. The third kappa shape index (κ3) is 3.53. The largest absolute Gasteiger partial charge is 0.493 e. The Labute approximate surface area is 90.9 Å². The average molecular weight is 209 g/mol. The van der Waals surface area contributed by atoms with Gasteiger partial charge in [-0.15, -0.1) is 0 Å². The lowest BCUT2D eigenvalue weighted by atomic mass is 10.1. The van der Waals surface area contributed by atoms with Gasteiger partial charge in [0.25, 0.3) is 0 Å². The first-order valence-electron chi connectivity index (χ1n) is 5.25. The van der Waals surface area contributed by atoms with Gasteiger partial charge in [0.2, 0.25) is 0 Å². The van der Waals surface area contributed by atoms with Crippen LogP contribution in [0.5, 0.6) is 5.75 Å². The molecule has 0 bridgehead atoms. The van der Waals surface area contributed by atoms with Crippen molar-refractivity contribution < 1.29 is 9.84 Å². The van der Waals surface area contributed by atoms with E-state index in [2.05, 4.69) is 13.8 Å². The molecule has 0 saturated carbocycles. The summed E-state index contributed by atoms with van der Waals surface area (Å²) in [7, 11) is 0. The van der Waals surface area contributed by atoms with Crippen molar-refractivity contribution in [3.63, 3.8) is 0 Å². The molecule has 1 unspecified atom stereocenters. The lowest BCUT2D eigenvalue weighted by molar-refractivity contribution is 0.177. The molecule has 1 aromatic carbocycles. The molecule has 0 saturated heterocycles. The van der Waals surface area contributed by atoms with Crippen LogP contribution >= 0.6 is 0 Å². The molecule has 0 spiro atoms. The first kappa shape index (κ1) is 12.0. The summed E-state index contributed by atoms with van der Waals surface area (Å²) in [6, 6.07) is 7.46. The van der Waals surface area contributed by atoms with Gasteiger partial charge in [0.15, 0.2) is 0 Å². The molecule has 0 aliphatic carbocycles. The second kappa shape index (κ2) is 5.73. The number of aliphatic hydroxyl groups excluding tert-OH is 1. The summed E-state index contributed by atoms with van der Waals surface area (Å²) in [4.78, 5) is 0. The molecule has 3 nitrogen and oxygen atoms in total. The predicted octanol–water partition coefficient (Wildman–Crippen LogP) is 1.71. The van der Waals surface area contributed by atoms with Gasteiger partial charge in [-0.3, -0.25) is 0 Å². The van der Waals surface area contributed by atoms with Crippen molar-refractivity contribution in [2.24, 2.45) is 11.7 Å². The summed E-state index contributed by atoms with van der Waals surface area (Å²) >= 11 is 0. The number of rotatable bonds is 5. The van der Waals surface area contributed by atoms with Crippen molar-refractivity contribution in [1.82, 2.24) is 0 Å². The Bertz CT molecular complexity index is 299. The Hall–Kier alpha value is -1.06. The third-order valence-electron chi connectivity index (χ3n) is 2.07. The van der Waals surface area contributed by atoms with Crippen LogP contribution < -0.4 is 10.5 Å². The number of hydrogen-bond donors (Lipinski definition) is 2. The Morgan fingerprint density at radius 1 is 1.33 bits per heavy atom. The van der Waals surface area contributed by atoms with E-state index in [9.17, 15) is 5.11 Å². The summed E-state index contributed by atoms with van der Waals surface area (Å²) in [5.74, 6) is 1.19. The molecule has 0 amide bonds. The fourth-order valence-electron chi connectivity index (χ4n) is 1.27.